The zero-order chi connectivity index (χ0) is 18.5. The van der Waals surface area contributed by atoms with Crippen molar-refractivity contribution in [2.75, 3.05) is 18.0 Å². The van der Waals surface area contributed by atoms with Crippen LogP contribution in [0.25, 0.3) is 0 Å². The average molecular weight is 351 g/mol. The first-order valence-corrected chi connectivity index (χ1v) is 9.05. The van der Waals surface area contributed by atoms with Gasteiger partial charge in [0.25, 0.3) is 5.91 Å². The molecule has 0 radical (unpaired) electrons. The van der Waals surface area contributed by atoms with Crippen molar-refractivity contribution in [3.63, 3.8) is 0 Å². The summed E-state index contributed by atoms with van der Waals surface area (Å²) in [5.74, 6) is 0.433. The number of hydrogen-bond donors (Lipinski definition) is 2. The van der Waals surface area contributed by atoms with Crippen LogP contribution in [0.5, 0.6) is 0 Å². The van der Waals surface area contributed by atoms with Crippen LogP contribution in [0.4, 0.5) is 10.5 Å². The third-order valence-electron chi connectivity index (χ3n) is 4.44. The summed E-state index contributed by atoms with van der Waals surface area (Å²) in [5, 5.41) is 5.71. The van der Waals surface area contributed by atoms with Crippen LogP contribution in [-0.2, 0) is 13.0 Å². The van der Waals surface area contributed by atoms with E-state index in [4.69, 9.17) is 0 Å². The van der Waals surface area contributed by atoms with E-state index in [1.54, 1.807) is 0 Å². The van der Waals surface area contributed by atoms with Gasteiger partial charge in [-0.3, -0.25) is 4.79 Å². The fourth-order valence-electron chi connectivity index (χ4n) is 3.02. The van der Waals surface area contributed by atoms with Crippen LogP contribution >= 0.6 is 0 Å². The first kappa shape index (κ1) is 18.0. The van der Waals surface area contributed by atoms with E-state index < -0.39 is 0 Å². The number of amides is 3. The lowest BCUT2D eigenvalue weighted by Gasteiger charge is -2.18. The summed E-state index contributed by atoms with van der Waals surface area (Å²) in [4.78, 5) is 26.4. The maximum absolute atomic E-state index is 12.8. The van der Waals surface area contributed by atoms with E-state index in [2.05, 4.69) is 30.5 Å². The summed E-state index contributed by atoms with van der Waals surface area (Å²) in [5.41, 5.74) is 3.79. The normalized spacial score (nSPS) is 12.8. The van der Waals surface area contributed by atoms with Crippen LogP contribution in [0.3, 0.4) is 0 Å². The van der Waals surface area contributed by atoms with Crippen LogP contribution in [0.2, 0.25) is 0 Å². The molecule has 136 valence electrons. The molecule has 0 saturated heterocycles. The second-order valence-corrected chi connectivity index (χ2v) is 6.99. The molecular weight excluding hydrogens is 326 g/mol. The minimum Gasteiger partial charge on any atom is -0.338 e. The molecule has 1 aliphatic rings. The molecule has 2 N–H and O–H groups in total. The molecule has 0 bridgehead atoms. The molecule has 0 aromatic heterocycles. The second kappa shape index (κ2) is 8.04. The number of carbonyl (C=O) groups excluding carboxylic acids is 2. The molecule has 0 saturated carbocycles. The minimum atomic E-state index is -0.170. The summed E-state index contributed by atoms with van der Waals surface area (Å²) >= 11 is 0. The average Bonchev–Trinajstić information content (AvgIpc) is 3.08. The SMILES string of the molecule is CC(C)CNC(=O)NCc1ccc2c(c1)N(C(=O)c1ccccc1)CC2. The minimum absolute atomic E-state index is 0.0177. The number of fused-ring (bicyclic) bond motifs is 1. The molecule has 2 aromatic rings. The van der Waals surface area contributed by atoms with E-state index in [9.17, 15) is 9.59 Å². The van der Waals surface area contributed by atoms with Gasteiger partial charge in [0.2, 0.25) is 0 Å². The van der Waals surface area contributed by atoms with Gasteiger partial charge in [0.1, 0.15) is 0 Å². The lowest BCUT2D eigenvalue weighted by Crippen LogP contribution is -2.37. The van der Waals surface area contributed by atoms with E-state index in [-0.39, 0.29) is 11.9 Å². The van der Waals surface area contributed by atoms with Gasteiger partial charge in [-0.2, -0.15) is 0 Å². The fraction of sp³-hybridized carbons (Fsp3) is 0.333. The molecule has 0 unspecified atom stereocenters. The van der Waals surface area contributed by atoms with Gasteiger partial charge in [-0.25, -0.2) is 4.79 Å². The Balaban J connectivity index is 1.68. The molecule has 5 heteroatoms. The Morgan fingerprint density at radius 1 is 1.08 bits per heavy atom. The van der Waals surface area contributed by atoms with Crippen LogP contribution in [0.1, 0.15) is 35.3 Å². The van der Waals surface area contributed by atoms with Crippen molar-refractivity contribution in [3.8, 4) is 0 Å². The molecule has 3 rings (SSSR count). The van der Waals surface area contributed by atoms with Gasteiger partial charge >= 0.3 is 6.03 Å². The van der Waals surface area contributed by atoms with Gasteiger partial charge < -0.3 is 15.5 Å². The lowest BCUT2D eigenvalue weighted by atomic mass is 10.1. The standard InChI is InChI=1S/C21H25N3O2/c1-15(2)13-22-21(26)23-14-16-8-9-17-10-11-24(19(17)12-16)20(25)18-6-4-3-5-7-18/h3-9,12,15H,10-11,13-14H2,1-2H3,(H2,22,23,26). The Kier molecular flexibility index (Phi) is 5.56. The van der Waals surface area contributed by atoms with Gasteiger partial charge in [0.15, 0.2) is 0 Å². The second-order valence-electron chi connectivity index (χ2n) is 6.99. The van der Waals surface area contributed by atoms with E-state index in [1.807, 2.05) is 47.4 Å². The Morgan fingerprint density at radius 2 is 1.85 bits per heavy atom. The number of urea groups is 1. The largest absolute Gasteiger partial charge is 0.338 e. The highest BCUT2D eigenvalue weighted by molar-refractivity contribution is 6.07. The van der Waals surface area contributed by atoms with Crippen LogP contribution in [0.15, 0.2) is 48.5 Å². The summed E-state index contributed by atoms with van der Waals surface area (Å²) in [7, 11) is 0. The summed E-state index contributed by atoms with van der Waals surface area (Å²) in [6.07, 6.45) is 0.858. The van der Waals surface area contributed by atoms with E-state index >= 15 is 0 Å². The smallest absolute Gasteiger partial charge is 0.315 e. The summed E-state index contributed by atoms with van der Waals surface area (Å²) in [6, 6.07) is 15.2. The molecule has 0 fully saturated rings. The zero-order valence-corrected chi connectivity index (χ0v) is 15.3. The van der Waals surface area contributed by atoms with Crippen LogP contribution < -0.4 is 15.5 Å². The maximum atomic E-state index is 12.8. The van der Waals surface area contributed by atoms with Crippen molar-refractivity contribution in [1.29, 1.82) is 0 Å². The van der Waals surface area contributed by atoms with Crippen molar-refractivity contribution >= 4 is 17.6 Å². The third-order valence-corrected chi connectivity index (χ3v) is 4.44. The molecule has 5 nitrogen and oxygen atoms in total. The van der Waals surface area contributed by atoms with Gasteiger partial charge in [0.05, 0.1) is 0 Å². The highest BCUT2D eigenvalue weighted by atomic mass is 16.2. The molecule has 26 heavy (non-hydrogen) atoms. The number of nitrogens with one attached hydrogen (secondary N) is 2. The zero-order valence-electron chi connectivity index (χ0n) is 15.3. The highest BCUT2D eigenvalue weighted by Crippen LogP contribution is 2.30. The molecule has 1 aliphatic heterocycles. The first-order chi connectivity index (χ1) is 12.5. The maximum Gasteiger partial charge on any atom is 0.315 e. The monoisotopic (exact) mass is 351 g/mol. The van der Waals surface area contributed by atoms with Crippen molar-refractivity contribution < 1.29 is 9.59 Å². The predicted octanol–water partition coefficient (Wildman–Crippen LogP) is 3.34. The number of hydrogen-bond acceptors (Lipinski definition) is 2. The van der Waals surface area contributed by atoms with Crippen molar-refractivity contribution in [2.24, 2.45) is 5.92 Å². The molecule has 2 aromatic carbocycles. The lowest BCUT2D eigenvalue weighted by molar-refractivity contribution is 0.0989. The molecule has 0 spiro atoms. The quantitative estimate of drug-likeness (QED) is 0.868. The Bertz CT molecular complexity index is 787. The number of anilines is 1. The Hall–Kier alpha value is -2.82. The number of rotatable bonds is 5. The van der Waals surface area contributed by atoms with Crippen LogP contribution in [-0.4, -0.2) is 25.0 Å². The summed E-state index contributed by atoms with van der Waals surface area (Å²) < 4.78 is 0. The predicted molar refractivity (Wildman–Crippen MR) is 103 cm³/mol. The number of nitrogens with zero attached hydrogens (tertiary/aromatic N) is 1. The van der Waals surface area contributed by atoms with Crippen molar-refractivity contribution in [1.82, 2.24) is 10.6 Å². The molecule has 0 atom stereocenters. The molecule has 3 amide bonds. The van der Waals surface area contributed by atoms with E-state index in [0.717, 1.165) is 17.7 Å². The fourth-order valence-corrected chi connectivity index (χ4v) is 3.02. The topological polar surface area (TPSA) is 61.4 Å². The van der Waals surface area contributed by atoms with Gasteiger partial charge in [-0.15, -0.1) is 0 Å². The highest BCUT2D eigenvalue weighted by Gasteiger charge is 2.25. The Morgan fingerprint density at radius 3 is 2.58 bits per heavy atom. The number of benzene rings is 2. The molecule has 1 heterocycles. The van der Waals surface area contributed by atoms with Gasteiger partial charge in [-0.1, -0.05) is 44.2 Å². The molecule has 0 aliphatic carbocycles. The van der Waals surface area contributed by atoms with Crippen LogP contribution in [0, 0.1) is 5.92 Å². The van der Waals surface area contributed by atoms with E-state index in [0.29, 0.717) is 31.1 Å². The summed E-state index contributed by atoms with van der Waals surface area (Å²) in [6.45, 7) is 5.88. The first-order valence-electron chi connectivity index (χ1n) is 9.05. The number of carbonyl (C=O) groups is 2. The third kappa shape index (κ3) is 4.23. The van der Waals surface area contributed by atoms with Crippen molar-refractivity contribution in [2.45, 2.75) is 26.8 Å². The molecular formula is C21H25N3O2. The van der Waals surface area contributed by atoms with E-state index in [1.165, 1.54) is 5.56 Å². The Labute approximate surface area is 154 Å². The van der Waals surface area contributed by atoms with Gasteiger partial charge in [-0.05, 0) is 41.7 Å². The van der Waals surface area contributed by atoms with Gasteiger partial charge in [0, 0.05) is 30.9 Å². The van der Waals surface area contributed by atoms with Crippen molar-refractivity contribution in [3.05, 3.63) is 65.2 Å².